The van der Waals surface area contributed by atoms with Gasteiger partial charge in [0.15, 0.2) is 0 Å². The van der Waals surface area contributed by atoms with E-state index in [-0.39, 0.29) is 12.3 Å². The van der Waals surface area contributed by atoms with Crippen molar-refractivity contribution >= 4 is 44.6 Å². The van der Waals surface area contributed by atoms with Crippen LogP contribution in [0.5, 0.6) is 0 Å². The summed E-state index contributed by atoms with van der Waals surface area (Å²) < 4.78 is 2.47. The number of benzene rings is 9. The summed E-state index contributed by atoms with van der Waals surface area (Å²) in [5.41, 5.74) is 16.1. The van der Waals surface area contributed by atoms with Crippen molar-refractivity contribution in [1.29, 1.82) is 0 Å². The van der Waals surface area contributed by atoms with Gasteiger partial charge in [0.25, 0.3) is 0 Å². The largest absolute Gasteiger partial charge is 0.350 e. The Morgan fingerprint density at radius 3 is 1.89 bits per heavy atom. The molecule has 0 bridgehead atoms. The fourth-order valence-corrected chi connectivity index (χ4v) is 9.50. The molecule has 2 unspecified atom stereocenters. The Bertz CT molecular complexity index is 3320. The third kappa shape index (κ3) is 6.09. The van der Waals surface area contributed by atoms with E-state index in [4.69, 9.17) is 4.99 Å². The highest BCUT2D eigenvalue weighted by molar-refractivity contribution is 6.13. The van der Waals surface area contributed by atoms with Crippen LogP contribution in [0.2, 0.25) is 0 Å². The minimum atomic E-state index is -0.261. The lowest BCUT2D eigenvalue weighted by molar-refractivity contribution is 0.409. The lowest BCUT2D eigenvalue weighted by Crippen LogP contribution is -2.44. The Morgan fingerprint density at radius 1 is 0.435 bits per heavy atom. The zero-order valence-corrected chi connectivity index (χ0v) is 33.9. The summed E-state index contributed by atoms with van der Waals surface area (Å²) in [5.74, 6) is 0.873. The summed E-state index contributed by atoms with van der Waals surface area (Å²) in [6.07, 6.45) is -0.371. The molecule has 1 aromatic heterocycles. The van der Waals surface area contributed by atoms with Crippen molar-refractivity contribution in [3.05, 3.63) is 241 Å². The zero-order chi connectivity index (χ0) is 41.0. The molecule has 0 fully saturated rings. The maximum Gasteiger partial charge on any atom is 0.131 e. The quantitative estimate of drug-likeness (QED) is 0.176. The molecule has 0 aliphatic carbocycles. The van der Waals surface area contributed by atoms with Crippen LogP contribution >= 0.6 is 0 Å². The molecule has 62 heavy (non-hydrogen) atoms. The van der Waals surface area contributed by atoms with Gasteiger partial charge in [-0.3, -0.25) is 5.32 Å². The van der Waals surface area contributed by atoms with Gasteiger partial charge in [-0.25, -0.2) is 4.99 Å². The van der Waals surface area contributed by atoms with Crippen molar-refractivity contribution in [1.82, 2.24) is 15.2 Å². The highest BCUT2D eigenvalue weighted by atomic mass is 15.3. The van der Waals surface area contributed by atoms with Gasteiger partial charge < -0.3 is 14.8 Å². The van der Waals surface area contributed by atoms with Crippen LogP contribution in [-0.4, -0.2) is 10.4 Å². The van der Waals surface area contributed by atoms with Gasteiger partial charge in [0.2, 0.25) is 0 Å². The van der Waals surface area contributed by atoms with Gasteiger partial charge in [0.1, 0.15) is 18.2 Å². The van der Waals surface area contributed by atoms with Crippen LogP contribution in [0.1, 0.15) is 29.0 Å². The number of nitrogens with one attached hydrogen (secondary N) is 2. The average Bonchev–Trinajstić information content (AvgIpc) is 3.63. The molecule has 0 saturated carbocycles. The van der Waals surface area contributed by atoms with E-state index in [1.165, 1.54) is 49.8 Å². The first-order valence-electron chi connectivity index (χ1n) is 21.3. The van der Waals surface area contributed by atoms with Gasteiger partial charge in [-0.2, -0.15) is 0 Å². The predicted octanol–water partition coefficient (Wildman–Crippen LogP) is 13.9. The van der Waals surface area contributed by atoms with Crippen molar-refractivity contribution in [2.75, 3.05) is 4.90 Å². The summed E-state index contributed by atoms with van der Waals surface area (Å²) in [6, 6.07) is 80.8. The molecule has 0 spiro atoms. The molecule has 2 aliphatic rings. The van der Waals surface area contributed by atoms with Crippen molar-refractivity contribution in [2.45, 2.75) is 12.3 Å². The van der Waals surface area contributed by atoms with Crippen LogP contribution < -0.4 is 15.5 Å². The molecular weight excluding hydrogens is 755 g/mol. The molecule has 0 radical (unpaired) electrons. The van der Waals surface area contributed by atoms with E-state index in [0.717, 1.165) is 50.7 Å². The summed E-state index contributed by atoms with van der Waals surface area (Å²) in [7, 11) is 0. The molecule has 2 aliphatic heterocycles. The van der Waals surface area contributed by atoms with Crippen LogP contribution in [0.4, 0.5) is 17.1 Å². The number of anilines is 3. The van der Waals surface area contributed by atoms with Gasteiger partial charge in [-0.1, -0.05) is 176 Å². The second-order valence-corrected chi connectivity index (χ2v) is 16.1. The molecule has 2 N–H and O–H groups in total. The molecule has 10 aromatic rings. The van der Waals surface area contributed by atoms with Crippen LogP contribution in [0.25, 0.3) is 60.9 Å². The Balaban J connectivity index is 1.02. The number of nitrogens with zero attached hydrogens (tertiary/aromatic N) is 3. The van der Waals surface area contributed by atoms with E-state index in [0.29, 0.717) is 0 Å². The van der Waals surface area contributed by atoms with E-state index in [1.807, 2.05) is 6.07 Å². The third-order valence-corrected chi connectivity index (χ3v) is 12.4. The number of hydrogen-bond acceptors (Lipinski definition) is 4. The molecule has 5 heteroatoms. The topological polar surface area (TPSA) is 44.6 Å². The fourth-order valence-electron chi connectivity index (χ4n) is 9.50. The minimum Gasteiger partial charge on any atom is -0.350 e. The first-order chi connectivity index (χ1) is 30.7. The maximum absolute atomic E-state index is 5.27. The first kappa shape index (κ1) is 35.9. The van der Waals surface area contributed by atoms with Crippen molar-refractivity contribution < 1.29 is 0 Å². The van der Waals surface area contributed by atoms with Crippen LogP contribution in [0.15, 0.2) is 229 Å². The number of aliphatic imine (C=N–C) groups is 1. The number of amidine groups is 1. The van der Waals surface area contributed by atoms with Gasteiger partial charge in [0, 0.05) is 39.0 Å². The average molecular weight is 796 g/mol. The Morgan fingerprint density at radius 2 is 1.08 bits per heavy atom. The molecule has 2 atom stereocenters. The van der Waals surface area contributed by atoms with Crippen LogP contribution in [0, 0.1) is 0 Å². The minimum absolute atomic E-state index is 0.110. The van der Waals surface area contributed by atoms with E-state index in [2.05, 4.69) is 238 Å². The SMILES string of the molecule is c1ccc(C2=NC(c3ccc4ccc(N5c6ccccc6-c6c(n(-c7cccc(-c8ccccc8)c7)c7ccccc67)-c6ccccc65)cc4c3)NC(c3ccccc3)N2)cc1. The second kappa shape index (κ2) is 14.9. The highest BCUT2D eigenvalue weighted by Crippen LogP contribution is 2.54. The summed E-state index contributed by atoms with van der Waals surface area (Å²) in [6.45, 7) is 0. The molecule has 294 valence electrons. The summed E-state index contributed by atoms with van der Waals surface area (Å²) >= 11 is 0. The number of hydrogen-bond donors (Lipinski definition) is 2. The summed E-state index contributed by atoms with van der Waals surface area (Å²) in [4.78, 5) is 7.72. The number of aromatic nitrogens is 1. The van der Waals surface area contributed by atoms with E-state index in [1.54, 1.807) is 0 Å². The van der Waals surface area contributed by atoms with E-state index >= 15 is 0 Å². The molecule has 0 saturated heterocycles. The fraction of sp³-hybridized carbons (Fsp3) is 0.0351. The van der Waals surface area contributed by atoms with Crippen molar-refractivity contribution in [3.8, 4) is 39.2 Å². The van der Waals surface area contributed by atoms with E-state index in [9.17, 15) is 0 Å². The van der Waals surface area contributed by atoms with Gasteiger partial charge in [-0.15, -0.1) is 0 Å². The predicted molar refractivity (Wildman–Crippen MR) is 257 cm³/mol. The Labute approximate surface area is 360 Å². The van der Waals surface area contributed by atoms with Crippen LogP contribution in [0.3, 0.4) is 0 Å². The molecule has 12 rings (SSSR count). The Hall–Kier alpha value is -7.99. The van der Waals surface area contributed by atoms with Crippen molar-refractivity contribution in [2.24, 2.45) is 4.99 Å². The smallest absolute Gasteiger partial charge is 0.131 e. The molecular formula is C57H41N5. The number of rotatable bonds is 6. The summed E-state index contributed by atoms with van der Waals surface area (Å²) in [5, 5.41) is 11.0. The van der Waals surface area contributed by atoms with Gasteiger partial charge in [0.05, 0.1) is 22.6 Å². The second-order valence-electron chi connectivity index (χ2n) is 16.1. The van der Waals surface area contributed by atoms with Gasteiger partial charge >= 0.3 is 0 Å². The standard InChI is InChI=1S/C57H41N5/c1-4-17-38(18-5-1)42-23-16-24-45(36-42)62-51-29-14-11-26-48(51)53-47-25-10-13-28-50(47)61(52-30-15-12-27-49(52)54(53)62)46-34-33-39-31-32-43(35-44(39)37-46)57-59-55(40-19-6-2-7-20-40)58-56(60-57)41-21-8-3-9-22-41/h1-37,55,57,59H,(H,58,60). The maximum atomic E-state index is 5.27. The lowest BCUT2D eigenvalue weighted by atomic mass is 9.98. The van der Waals surface area contributed by atoms with Crippen molar-refractivity contribution in [3.63, 3.8) is 0 Å². The third-order valence-electron chi connectivity index (χ3n) is 12.4. The molecule has 9 aromatic carbocycles. The first-order valence-corrected chi connectivity index (χ1v) is 21.3. The zero-order valence-electron chi connectivity index (χ0n) is 33.9. The molecule has 3 heterocycles. The molecule has 5 nitrogen and oxygen atoms in total. The Kier molecular flexibility index (Phi) is 8.65. The van der Waals surface area contributed by atoms with Crippen LogP contribution in [-0.2, 0) is 0 Å². The number of fused-ring (bicyclic) bond motifs is 8. The lowest BCUT2D eigenvalue weighted by Gasteiger charge is -2.32. The van der Waals surface area contributed by atoms with E-state index < -0.39 is 0 Å². The highest BCUT2D eigenvalue weighted by Gasteiger charge is 2.32. The molecule has 0 amide bonds. The number of para-hydroxylation sites is 3. The van der Waals surface area contributed by atoms with Gasteiger partial charge in [-0.05, 0) is 81.6 Å². The normalized spacial score (nSPS) is 15.5. The monoisotopic (exact) mass is 795 g/mol.